The molecule has 2 rings (SSSR count). The van der Waals surface area contributed by atoms with Crippen LogP contribution in [0, 0.1) is 11.2 Å². The van der Waals surface area contributed by atoms with Crippen LogP contribution in [0.25, 0.3) is 0 Å². The number of amides is 1. The van der Waals surface area contributed by atoms with E-state index in [4.69, 9.17) is 4.74 Å². The van der Waals surface area contributed by atoms with Crippen molar-refractivity contribution in [2.24, 2.45) is 5.41 Å². The highest BCUT2D eigenvalue weighted by atomic mass is 19.1. The van der Waals surface area contributed by atoms with E-state index < -0.39 is 5.41 Å². The second-order valence-electron chi connectivity index (χ2n) is 5.95. The molecule has 0 saturated carbocycles. The normalized spacial score (nSPS) is 19.1. The zero-order chi connectivity index (χ0) is 14.0. The summed E-state index contributed by atoms with van der Waals surface area (Å²) in [5.41, 5.74) is 0.274. The Hall–Kier alpha value is -1.58. The van der Waals surface area contributed by atoms with E-state index in [1.54, 1.807) is 6.07 Å². The van der Waals surface area contributed by atoms with Crippen LogP contribution in [0.5, 0.6) is 5.75 Å². The van der Waals surface area contributed by atoms with Crippen LogP contribution in [0.15, 0.2) is 18.2 Å². The summed E-state index contributed by atoms with van der Waals surface area (Å²) in [6.45, 7) is 6.19. The molecule has 0 fully saturated rings. The van der Waals surface area contributed by atoms with Crippen LogP contribution in [-0.4, -0.2) is 12.5 Å². The van der Waals surface area contributed by atoms with Crippen molar-refractivity contribution in [3.8, 4) is 5.75 Å². The number of rotatable bonds is 1. The van der Waals surface area contributed by atoms with E-state index in [2.05, 4.69) is 5.32 Å². The molecule has 1 unspecified atom stereocenters. The van der Waals surface area contributed by atoms with Gasteiger partial charge in [0.25, 0.3) is 0 Å². The van der Waals surface area contributed by atoms with E-state index >= 15 is 0 Å². The van der Waals surface area contributed by atoms with Crippen molar-refractivity contribution in [3.05, 3.63) is 29.6 Å². The largest absolute Gasteiger partial charge is 0.493 e. The van der Waals surface area contributed by atoms with Gasteiger partial charge in [-0.05, 0) is 31.0 Å². The Morgan fingerprint density at radius 2 is 2.16 bits per heavy atom. The van der Waals surface area contributed by atoms with Crippen molar-refractivity contribution >= 4 is 5.91 Å². The summed E-state index contributed by atoms with van der Waals surface area (Å²) < 4.78 is 19.0. The molecule has 0 radical (unpaired) electrons. The zero-order valence-corrected chi connectivity index (χ0v) is 11.6. The molecule has 0 aliphatic carbocycles. The number of hydrogen-bond donors (Lipinski definition) is 1. The summed E-state index contributed by atoms with van der Waals surface area (Å²) >= 11 is 0. The van der Waals surface area contributed by atoms with E-state index in [0.717, 1.165) is 18.4 Å². The van der Waals surface area contributed by atoms with Crippen molar-refractivity contribution in [2.75, 3.05) is 6.61 Å². The first-order chi connectivity index (χ1) is 8.88. The monoisotopic (exact) mass is 265 g/mol. The van der Waals surface area contributed by atoms with E-state index in [1.807, 2.05) is 20.8 Å². The first-order valence-electron chi connectivity index (χ1n) is 6.61. The lowest BCUT2D eigenvalue weighted by atomic mass is 9.93. The lowest BCUT2D eigenvalue weighted by Crippen LogP contribution is -2.37. The quantitative estimate of drug-likeness (QED) is 0.846. The minimum absolute atomic E-state index is 0.0328. The summed E-state index contributed by atoms with van der Waals surface area (Å²) in [5, 5.41) is 3.00. The highest BCUT2D eigenvalue weighted by molar-refractivity contribution is 5.81. The van der Waals surface area contributed by atoms with Gasteiger partial charge in [-0.25, -0.2) is 4.39 Å². The lowest BCUT2D eigenvalue weighted by Gasteiger charge is -2.24. The van der Waals surface area contributed by atoms with E-state index in [9.17, 15) is 9.18 Å². The average molecular weight is 265 g/mol. The molecule has 4 heteroatoms. The van der Waals surface area contributed by atoms with Crippen molar-refractivity contribution in [2.45, 2.75) is 39.7 Å². The standard InChI is InChI=1S/C15H20FNO2/c1-15(2,3)14(18)17-12-5-4-8-19-13-7-6-10(16)9-11(12)13/h6-7,9,12H,4-5,8H2,1-3H3,(H,17,18). The molecule has 1 aliphatic heterocycles. The molecule has 0 saturated heterocycles. The van der Waals surface area contributed by atoms with Gasteiger partial charge in [0.2, 0.25) is 5.91 Å². The van der Waals surface area contributed by atoms with E-state index in [1.165, 1.54) is 12.1 Å². The summed E-state index contributed by atoms with van der Waals surface area (Å²) in [6.07, 6.45) is 1.60. The van der Waals surface area contributed by atoms with Gasteiger partial charge in [0, 0.05) is 11.0 Å². The molecule has 0 spiro atoms. The van der Waals surface area contributed by atoms with Crippen LogP contribution in [0.1, 0.15) is 45.2 Å². The Bertz CT molecular complexity index is 480. The van der Waals surface area contributed by atoms with Gasteiger partial charge in [-0.1, -0.05) is 20.8 Å². The summed E-state index contributed by atoms with van der Waals surface area (Å²) in [4.78, 5) is 12.1. The van der Waals surface area contributed by atoms with Crippen LogP contribution >= 0.6 is 0 Å². The molecule has 1 heterocycles. The molecule has 0 aromatic heterocycles. The summed E-state index contributed by atoms with van der Waals surface area (Å²) in [6, 6.07) is 4.28. The van der Waals surface area contributed by atoms with Crippen LogP contribution in [0.4, 0.5) is 4.39 Å². The fourth-order valence-corrected chi connectivity index (χ4v) is 2.07. The highest BCUT2D eigenvalue weighted by Crippen LogP contribution is 2.32. The van der Waals surface area contributed by atoms with Crippen molar-refractivity contribution in [1.82, 2.24) is 5.32 Å². The van der Waals surface area contributed by atoms with E-state index in [0.29, 0.717) is 12.4 Å². The first-order valence-corrected chi connectivity index (χ1v) is 6.61. The van der Waals surface area contributed by atoms with Crippen molar-refractivity contribution in [1.29, 1.82) is 0 Å². The molecule has 3 nitrogen and oxygen atoms in total. The second-order valence-corrected chi connectivity index (χ2v) is 5.95. The van der Waals surface area contributed by atoms with Crippen LogP contribution < -0.4 is 10.1 Å². The first kappa shape index (κ1) is 13.8. The molecule has 1 aromatic carbocycles. The molecule has 1 atom stereocenters. The molecule has 1 N–H and O–H groups in total. The lowest BCUT2D eigenvalue weighted by molar-refractivity contribution is -0.129. The minimum Gasteiger partial charge on any atom is -0.493 e. The van der Waals surface area contributed by atoms with Gasteiger partial charge in [-0.15, -0.1) is 0 Å². The third kappa shape index (κ3) is 3.25. The molecular formula is C15H20FNO2. The highest BCUT2D eigenvalue weighted by Gasteiger charge is 2.27. The number of hydrogen-bond acceptors (Lipinski definition) is 2. The van der Waals surface area contributed by atoms with Crippen LogP contribution in [0.2, 0.25) is 0 Å². The number of halogens is 1. The molecular weight excluding hydrogens is 245 g/mol. The molecule has 1 aliphatic rings. The van der Waals surface area contributed by atoms with E-state index in [-0.39, 0.29) is 17.8 Å². The van der Waals surface area contributed by atoms with Crippen molar-refractivity contribution in [3.63, 3.8) is 0 Å². The summed E-state index contributed by atoms with van der Waals surface area (Å²) in [5.74, 6) is 0.326. The Labute approximate surface area is 113 Å². The number of fused-ring (bicyclic) bond motifs is 1. The predicted octanol–water partition coefficient (Wildman–Crippen LogP) is 3.20. The maximum absolute atomic E-state index is 13.4. The maximum Gasteiger partial charge on any atom is 0.225 e. The molecule has 104 valence electrons. The SMILES string of the molecule is CC(C)(C)C(=O)NC1CCCOc2ccc(F)cc21. The third-order valence-corrected chi connectivity index (χ3v) is 3.23. The fraction of sp³-hybridized carbons (Fsp3) is 0.533. The molecule has 19 heavy (non-hydrogen) atoms. The Kier molecular flexibility index (Phi) is 3.78. The number of carbonyl (C=O) groups excluding carboxylic acids is 1. The molecule has 0 bridgehead atoms. The minimum atomic E-state index is -0.458. The number of carbonyl (C=O) groups is 1. The molecule has 1 aromatic rings. The smallest absolute Gasteiger partial charge is 0.225 e. The van der Waals surface area contributed by atoms with Gasteiger partial charge in [-0.3, -0.25) is 4.79 Å². The Balaban J connectivity index is 2.27. The fourth-order valence-electron chi connectivity index (χ4n) is 2.07. The number of ether oxygens (including phenoxy) is 1. The molecule has 1 amide bonds. The maximum atomic E-state index is 13.4. The number of nitrogens with one attached hydrogen (secondary N) is 1. The van der Waals surface area contributed by atoms with Gasteiger partial charge in [0.1, 0.15) is 11.6 Å². The zero-order valence-electron chi connectivity index (χ0n) is 11.6. The second kappa shape index (κ2) is 5.19. The van der Waals surface area contributed by atoms with Gasteiger partial charge in [0.15, 0.2) is 0 Å². The topological polar surface area (TPSA) is 38.3 Å². The van der Waals surface area contributed by atoms with Gasteiger partial charge in [0.05, 0.1) is 12.6 Å². The Morgan fingerprint density at radius 1 is 1.42 bits per heavy atom. The summed E-state index contributed by atoms with van der Waals surface area (Å²) in [7, 11) is 0. The van der Waals surface area contributed by atoms with Gasteiger partial charge >= 0.3 is 0 Å². The number of benzene rings is 1. The van der Waals surface area contributed by atoms with Crippen LogP contribution in [0.3, 0.4) is 0 Å². The average Bonchev–Trinajstić information content (AvgIpc) is 2.51. The predicted molar refractivity (Wildman–Crippen MR) is 71.5 cm³/mol. The van der Waals surface area contributed by atoms with Crippen LogP contribution in [-0.2, 0) is 4.79 Å². The van der Waals surface area contributed by atoms with Gasteiger partial charge < -0.3 is 10.1 Å². The Morgan fingerprint density at radius 3 is 2.84 bits per heavy atom. The third-order valence-electron chi connectivity index (χ3n) is 3.23. The van der Waals surface area contributed by atoms with Gasteiger partial charge in [-0.2, -0.15) is 0 Å². The van der Waals surface area contributed by atoms with Crippen molar-refractivity contribution < 1.29 is 13.9 Å².